The summed E-state index contributed by atoms with van der Waals surface area (Å²) < 4.78 is 15.3. The molecule has 7 heteroatoms. The number of amides is 1. The van der Waals surface area contributed by atoms with Gasteiger partial charge in [-0.05, 0) is 24.3 Å². The summed E-state index contributed by atoms with van der Waals surface area (Å²) in [5.74, 6) is -1.13. The molecule has 0 atom stereocenters. The van der Waals surface area contributed by atoms with E-state index in [4.69, 9.17) is 23.2 Å². The molecule has 0 saturated carbocycles. The third kappa shape index (κ3) is 3.46. The van der Waals surface area contributed by atoms with Crippen LogP contribution < -0.4 is 5.32 Å². The number of carbonyl (C=O) groups is 1. The largest absolute Gasteiger partial charge is 0.352 e. The van der Waals surface area contributed by atoms with Crippen molar-refractivity contribution in [2.75, 3.05) is 6.54 Å². The Bertz CT molecular complexity index is 846. The second-order valence-corrected chi connectivity index (χ2v) is 5.76. The number of aromatic nitrogens is 2. The average molecular weight is 352 g/mol. The topological polar surface area (TPSA) is 46.4 Å². The average Bonchev–Trinajstić information content (AvgIpc) is 2.93. The van der Waals surface area contributed by atoms with Gasteiger partial charge in [0.05, 0.1) is 21.3 Å². The van der Waals surface area contributed by atoms with Crippen LogP contribution in [-0.2, 0) is 6.42 Å². The van der Waals surface area contributed by atoms with Crippen molar-refractivity contribution in [1.29, 1.82) is 0 Å². The molecular weight excluding hydrogens is 340 g/mol. The lowest BCUT2D eigenvalue weighted by Gasteiger charge is -2.07. The van der Waals surface area contributed by atoms with Gasteiger partial charge in [-0.2, -0.15) is 0 Å². The minimum Gasteiger partial charge on any atom is -0.352 e. The van der Waals surface area contributed by atoms with Gasteiger partial charge in [-0.3, -0.25) is 4.79 Å². The van der Waals surface area contributed by atoms with E-state index in [1.807, 2.05) is 35.0 Å². The zero-order chi connectivity index (χ0) is 16.4. The molecule has 1 aromatic carbocycles. The van der Waals surface area contributed by atoms with Gasteiger partial charge < -0.3 is 9.72 Å². The highest BCUT2D eigenvalue weighted by molar-refractivity contribution is 6.36. The Morgan fingerprint density at radius 2 is 2.09 bits per heavy atom. The number of halogens is 3. The van der Waals surface area contributed by atoms with Crippen LogP contribution in [0.4, 0.5) is 4.39 Å². The fourth-order valence-electron chi connectivity index (χ4n) is 2.20. The van der Waals surface area contributed by atoms with Crippen molar-refractivity contribution in [2.45, 2.75) is 6.42 Å². The number of nitrogens with zero attached hydrogens (tertiary/aromatic N) is 2. The Hall–Kier alpha value is -2.11. The number of fused-ring (bicyclic) bond motifs is 1. The summed E-state index contributed by atoms with van der Waals surface area (Å²) in [5, 5.41) is 2.69. The summed E-state index contributed by atoms with van der Waals surface area (Å²) in [5.41, 5.74) is 1.75. The van der Waals surface area contributed by atoms with Gasteiger partial charge >= 0.3 is 0 Å². The van der Waals surface area contributed by atoms with Crippen molar-refractivity contribution >= 4 is 34.8 Å². The first-order valence-corrected chi connectivity index (χ1v) is 7.65. The fourth-order valence-corrected chi connectivity index (χ4v) is 2.67. The molecule has 23 heavy (non-hydrogen) atoms. The second-order valence-electron chi connectivity index (χ2n) is 4.95. The Kier molecular flexibility index (Phi) is 4.50. The van der Waals surface area contributed by atoms with Crippen LogP contribution in [0.1, 0.15) is 16.1 Å². The molecule has 1 amide bonds. The summed E-state index contributed by atoms with van der Waals surface area (Å²) in [6, 6.07) is 7.97. The smallest absolute Gasteiger partial charge is 0.252 e. The highest BCUT2D eigenvalue weighted by atomic mass is 35.5. The molecule has 3 aromatic rings. The van der Waals surface area contributed by atoms with Crippen LogP contribution >= 0.6 is 23.2 Å². The number of hydrogen-bond donors (Lipinski definition) is 1. The van der Waals surface area contributed by atoms with Gasteiger partial charge in [0, 0.05) is 25.4 Å². The molecule has 3 rings (SSSR count). The first-order valence-electron chi connectivity index (χ1n) is 6.90. The van der Waals surface area contributed by atoms with E-state index in [0.717, 1.165) is 17.4 Å². The van der Waals surface area contributed by atoms with Gasteiger partial charge in [0.15, 0.2) is 0 Å². The first-order chi connectivity index (χ1) is 11.0. The van der Waals surface area contributed by atoms with Gasteiger partial charge in [0.1, 0.15) is 11.5 Å². The summed E-state index contributed by atoms with van der Waals surface area (Å²) in [6.07, 6.45) is 4.36. The third-order valence-corrected chi connectivity index (χ3v) is 3.94. The van der Waals surface area contributed by atoms with Crippen molar-refractivity contribution in [3.8, 4) is 0 Å². The number of nitrogens with one attached hydrogen (secondary N) is 1. The summed E-state index contributed by atoms with van der Waals surface area (Å²) in [7, 11) is 0. The first kappa shape index (κ1) is 15.8. The SMILES string of the molecule is O=C(NCCc1cn2ccccc2n1)c1cc(F)c(Cl)cc1Cl. The molecule has 1 N–H and O–H groups in total. The van der Waals surface area contributed by atoms with Crippen molar-refractivity contribution in [2.24, 2.45) is 0 Å². The maximum absolute atomic E-state index is 13.4. The Morgan fingerprint density at radius 3 is 2.87 bits per heavy atom. The monoisotopic (exact) mass is 351 g/mol. The second kappa shape index (κ2) is 6.56. The van der Waals surface area contributed by atoms with Crippen LogP contribution in [0, 0.1) is 5.82 Å². The lowest BCUT2D eigenvalue weighted by Crippen LogP contribution is -2.26. The van der Waals surface area contributed by atoms with E-state index in [-0.39, 0.29) is 15.6 Å². The van der Waals surface area contributed by atoms with E-state index in [1.165, 1.54) is 6.07 Å². The zero-order valence-electron chi connectivity index (χ0n) is 11.9. The lowest BCUT2D eigenvalue weighted by molar-refractivity contribution is 0.0954. The van der Waals surface area contributed by atoms with E-state index in [0.29, 0.717) is 13.0 Å². The maximum Gasteiger partial charge on any atom is 0.252 e. The standard InChI is InChI=1S/C16H12Cl2FN3O/c17-12-8-13(18)14(19)7-11(12)16(23)20-5-4-10-9-22-6-2-1-3-15(22)21-10/h1-3,6-9H,4-5H2,(H,20,23). The minimum absolute atomic E-state index is 0.0589. The number of carbonyl (C=O) groups excluding carboxylic acids is 1. The Morgan fingerprint density at radius 1 is 1.26 bits per heavy atom. The van der Waals surface area contributed by atoms with E-state index in [9.17, 15) is 9.18 Å². The quantitative estimate of drug-likeness (QED) is 0.727. The molecule has 4 nitrogen and oxygen atoms in total. The predicted molar refractivity (Wildman–Crippen MR) is 87.6 cm³/mol. The molecule has 2 aromatic heterocycles. The van der Waals surface area contributed by atoms with Gasteiger partial charge in [0.2, 0.25) is 0 Å². The predicted octanol–water partition coefficient (Wildman–Crippen LogP) is 3.75. The number of hydrogen-bond acceptors (Lipinski definition) is 2. The molecule has 0 bridgehead atoms. The molecule has 0 spiro atoms. The normalized spacial score (nSPS) is 10.9. The van der Waals surface area contributed by atoms with Gasteiger partial charge in [-0.15, -0.1) is 0 Å². The maximum atomic E-state index is 13.4. The van der Waals surface area contributed by atoms with Crippen molar-refractivity contribution in [3.05, 3.63) is 69.8 Å². The third-order valence-electron chi connectivity index (χ3n) is 3.34. The van der Waals surface area contributed by atoms with Crippen LogP contribution in [0.25, 0.3) is 5.65 Å². The highest BCUT2D eigenvalue weighted by Gasteiger charge is 2.14. The van der Waals surface area contributed by atoms with Crippen molar-refractivity contribution < 1.29 is 9.18 Å². The van der Waals surface area contributed by atoms with Crippen LogP contribution in [0.5, 0.6) is 0 Å². The lowest BCUT2D eigenvalue weighted by atomic mass is 10.2. The van der Waals surface area contributed by atoms with E-state index in [2.05, 4.69) is 10.3 Å². The van der Waals surface area contributed by atoms with Crippen molar-refractivity contribution in [1.82, 2.24) is 14.7 Å². The Labute approximate surface area is 141 Å². The molecule has 0 aliphatic heterocycles. The number of imidazole rings is 1. The summed E-state index contributed by atoms with van der Waals surface area (Å²) in [6.45, 7) is 0.364. The number of benzene rings is 1. The zero-order valence-corrected chi connectivity index (χ0v) is 13.4. The van der Waals surface area contributed by atoms with Gasteiger partial charge in [-0.1, -0.05) is 29.3 Å². The highest BCUT2D eigenvalue weighted by Crippen LogP contribution is 2.24. The molecule has 118 valence electrons. The van der Waals surface area contributed by atoms with Gasteiger partial charge in [-0.25, -0.2) is 9.37 Å². The van der Waals surface area contributed by atoms with Crippen molar-refractivity contribution in [3.63, 3.8) is 0 Å². The molecule has 0 aliphatic carbocycles. The molecular formula is C16H12Cl2FN3O. The van der Waals surface area contributed by atoms with Crippen LogP contribution in [0.2, 0.25) is 10.0 Å². The van der Waals surface area contributed by atoms with Crippen LogP contribution in [0.15, 0.2) is 42.7 Å². The molecule has 0 unspecified atom stereocenters. The summed E-state index contributed by atoms with van der Waals surface area (Å²) in [4.78, 5) is 16.5. The van der Waals surface area contributed by atoms with E-state index < -0.39 is 11.7 Å². The van der Waals surface area contributed by atoms with E-state index in [1.54, 1.807) is 0 Å². The van der Waals surface area contributed by atoms with Crippen LogP contribution in [-0.4, -0.2) is 21.8 Å². The number of rotatable bonds is 4. The fraction of sp³-hybridized carbons (Fsp3) is 0.125. The molecule has 0 saturated heterocycles. The van der Waals surface area contributed by atoms with E-state index >= 15 is 0 Å². The summed E-state index contributed by atoms with van der Waals surface area (Å²) >= 11 is 11.5. The molecule has 2 heterocycles. The van der Waals surface area contributed by atoms with Crippen LogP contribution in [0.3, 0.4) is 0 Å². The molecule has 0 fully saturated rings. The minimum atomic E-state index is -0.679. The Balaban J connectivity index is 1.64. The molecule has 0 aliphatic rings. The molecule has 0 radical (unpaired) electrons. The number of pyridine rings is 1. The van der Waals surface area contributed by atoms with Gasteiger partial charge in [0.25, 0.3) is 5.91 Å².